The van der Waals surface area contributed by atoms with Crippen LogP contribution in [-0.2, 0) is 11.0 Å². The molecule has 0 bridgehead atoms. The summed E-state index contributed by atoms with van der Waals surface area (Å²) >= 11 is 0. The van der Waals surface area contributed by atoms with Crippen LogP contribution in [0.15, 0.2) is 18.3 Å². The Bertz CT molecular complexity index is 559. The number of β-amino-alcohol motifs (C(OH)–C–C–N with tert-alkyl or cyclic N) is 1. The Hall–Kier alpha value is -2.16. The summed E-state index contributed by atoms with van der Waals surface area (Å²) in [6.07, 6.45) is -5.16. The number of carboxylic acid groups (broad SMARTS) is 1. The van der Waals surface area contributed by atoms with Gasteiger partial charge in [-0.3, -0.25) is 9.78 Å². The van der Waals surface area contributed by atoms with Crippen LogP contribution < -0.4 is 0 Å². The van der Waals surface area contributed by atoms with Gasteiger partial charge in [0.1, 0.15) is 11.7 Å². The van der Waals surface area contributed by atoms with Crippen molar-refractivity contribution >= 4 is 11.9 Å². The first-order valence-corrected chi connectivity index (χ1v) is 5.95. The van der Waals surface area contributed by atoms with Crippen LogP contribution in [0.5, 0.6) is 0 Å². The lowest BCUT2D eigenvalue weighted by Crippen LogP contribution is -2.40. The maximum Gasteiger partial charge on any atom is 0.417 e. The van der Waals surface area contributed by atoms with Gasteiger partial charge in [-0.1, -0.05) is 0 Å². The Morgan fingerprint density at radius 2 is 2.00 bits per heavy atom. The van der Waals surface area contributed by atoms with Gasteiger partial charge in [-0.25, -0.2) is 4.79 Å². The molecular weight excluding hydrogens is 293 g/mol. The highest BCUT2D eigenvalue weighted by Gasteiger charge is 2.40. The van der Waals surface area contributed by atoms with E-state index in [1.807, 2.05) is 0 Å². The fraction of sp³-hybridized carbons (Fsp3) is 0.417. The molecule has 2 atom stereocenters. The minimum absolute atomic E-state index is 0.123. The van der Waals surface area contributed by atoms with Gasteiger partial charge in [0.05, 0.1) is 11.7 Å². The summed E-state index contributed by atoms with van der Waals surface area (Å²) in [4.78, 5) is 27.4. The molecule has 0 saturated carbocycles. The second kappa shape index (κ2) is 5.32. The number of aliphatic hydroxyl groups is 1. The number of hydrogen-bond donors (Lipinski definition) is 2. The van der Waals surface area contributed by atoms with Gasteiger partial charge >= 0.3 is 12.1 Å². The van der Waals surface area contributed by atoms with Crippen molar-refractivity contribution in [3.63, 3.8) is 0 Å². The van der Waals surface area contributed by atoms with Crippen LogP contribution in [0.3, 0.4) is 0 Å². The Morgan fingerprint density at radius 1 is 1.33 bits per heavy atom. The molecule has 0 radical (unpaired) electrons. The van der Waals surface area contributed by atoms with Gasteiger partial charge in [0, 0.05) is 19.2 Å². The minimum atomic E-state index is -4.57. The molecule has 2 heterocycles. The number of carbonyl (C=O) groups excluding carboxylic acids is 1. The van der Waals surface area contributed by atoms with E-state index in [-0.39, 0.29) is 18.7 Å². The summed E-state index contributed by atoms with van der Waals surface area (Å²) in [5.41, 5.74) is -1.31. The second-order valence-corrected chi connectivity index (χ2v) is 4.63. The lowest BCUT2D eigenvalue weighted by molar-refractivity contribution is -0.141. The van der Waals surface area contributed by atoms with Crippen molar-refractivity contribution in [2.75, 3.05) is 6.54 Å². The van der Waals surface area contributed by atoms with Crippen molar-refractivity contribution in [2.24, 2.45) is 0 Å². The van der Waals surface area contributed by atoms with Crippen molar-refractivity contribution < 1.29 is 33.0 Å². The van der Waals surface area contributed by atoms with Crippen molar-refractivity contribution in [2.45, 2.75) is 24.7 Å². The smallest absolute Gasteiger partial charge is 0.417 e. The highest BCUT2D eigenvalue weighted by molar-refractivity contribution is 5.95. The molecule has 1 aliphatic rings. The molecule has 1 amide bonds. The number of rotatable bonds is 2. The normalized spacial score (nSPS) is 22.4. The van der Waals surface area contributed by atoms with E-state index in [2.05, 4.69) is 4.98 Å². The quantitative estimate of drug-likeness (QED) is 0.842. The SMILES string of the molecule is O=C(O)[C@@H]1CC(O)CN1C(=O)c1ccc(C(F)(F)F)cn1. The zero-order chi connectivity index (χ0) is 15.8. The third kappa shape index (κ3) is 3.13. The zero-order valence-corrected chi connectivity index (χ0v) is 10.5. The molecule has 1 unspecified atom stereocenters. The number of likely N-dealkylation sites (tertiary alicyclic amines) is 1. The van der Waals surface area contributed by atoms with Gasteiger partial charge in [0.2, 0.25) is 0 Å². The molecule has 2 rings (SSSR count). The first-order chi connectivity index (χ1) is 9.70. The fourth-order valence-electron chi connectivity index (χ4n) is 2.11. The van der Waals surface area contributed by atoms with Crippen LogP contribution in [0.2, 0.25) is 0 Å². The van der Waals surface area contributed by atoms with Crippen LogP contribution in [0.25, 0.3) is 0 Å². The molecule has 1 aromatic heterocycles. The number of aliphatic carboxylic acids is 1. The van der Waals surface area contributed by atoms with Crippen molar-refractivity contribution in [1.29, 1.82) is 0 Å². The Labute approximate surface area is 116 Å². The number of nitrogens with zero attached hydrogens (tertiary/aromatic N) is 2. The van der Waals surface area contributed by atoms with E-state index >= 15 is 0 Å². The molecule has 1 aromatic rings. The number of carbonyl (C=O) groups is 2. The predicted octanol–water partition coefficient (Wildman–Crippen LogP) is 0.760. The van der Waals surface area contributed by atoms with E-state index in [1.165, 1.54) is 0 Å². The summed E-state index contributed by atoms with van der Waals surface area (Å²) in [6, 6.07) is 0.369. The highest BCUT2D eigenvalue weighted by Crippen LogP contribution is 2.28. The standard InChI is InChI=1S/C12H11F3N2O4/c13-12(14,15)6-1-2-8(16-4-6)10(19)17-5-7(18)3-9(17)11(20)21/h1-2,4,7,9,18H,3,5H2,(H,20,21)/t7?,9-/m0/s1. The lowest BCUT2D eigenvalue weighted by atomic mass is 10.2. The van der Waals surface area contributed by atoms with E-state index in [0.29, 0.717) is 12.3 Å². The summed E-state index contributed by atoms with van der Waals surface area (Å²) in [5.74, 6) is -2.11. The first-order valence-electron chi connectivity index (χ1n) is 5.95. The van der Waals surface area contributed by atoms with E-state index < -0.39 is 35.8 Å². The third-order valence-electron chi connectivity index (χ3n) is 3.13. The number of aromatic nitrogens is 1. The van der Waals surface area contributed by atoms with E-state index in [4.69, 9.17) is 5.11 Å². The highest BCUT2D eigenvalue weighted by atomic mass is 19.4. The minimum Gasteiger partial charge on any atom is -0.480 e. The van der Waals surface area contributed by atoms with Gasteiger partial charge in [-0.2, -0.15) is 13.2 Å². The van der Waals surface area contributed by atoms with Crippen LogP contribution >= 0.6 is 0 Å². The molecule has 6 nitrogen and oxygen atoms in total. The summed E-state index contributed by atoms with van der Waals surface area (Å²) in [5, 5.41) is 18.4. The number of halogens is 3. The molecule has 21 heavy (non-hydrogen) atoms. The van der Waals surface area contributed by atoms with Crippen LogP contribution in [0.1, 0.15) is 22.5 Å². The van der Waals surface area contributed by atoms with Crippen LogP contribution in [-0.4, -0.2) is 50.7 Å². The second-order valence-electron chi connectivity index (χ2n) is 4.63. The molecule has 0 spiro atoms. The Kier molecular flexibility index (Phi) is 3.86. The van der Waals surface area contributed by atoms with E-state index in [1.54, 1.807) is 0 Å². The zero-order valence-electron chi connectivity index (χ0n) is 10.5. The van der Waals surface area contributed by atoms with Gasteiger partial charge < -0.3 is 15.1 Å². The maximum atomic E-state index is 12.4. The number of alkyl halides is 3. The fourth-order valence-corrected chi connectivity index (χ4v) is 2.11. The molecule has 1 saturated heterocycles. The third-order valence-corrected chi connectivity index (χ3v) is 3.13. The molecule has 0 aromatic carbocycles. The van der Waals surface area contributed by atoms with Crippen LogP contribution in [0.4, 0.5) is 13.2 Å². The molecule has 1 aliphatic heterocycles. The van der Waals surface area contributed by atoms with Crippen LogP contribution in [0, 0.1) is 0 Å². The molecule has 1 fully saturated rings. The summed E-state index contributed by atoms with van der Waals surface area (Å²) in [6.45, 7) is -0.196. The molecule has 114 valence electrons. The number of amides is 1. The van der Waals surface area contributed by atoms with Gasteiger partial charge in [0.25, 0.3) is 5.91 Å². The number of pyridine rings is 1. The topological polar surface area (TPSA) is 90.7 Å². The Morgan fingerprint density at radius 3 is 2.48 bits per heavy atom. The van der Waals surface area contributed by atoms with Crippen molar-refractivity contribution in [3.05, 3.63) is 29.6 Å². The van der Waals surface area contributed by atoms with Gasteiger partial charge in [-0.15, -0.1) is 0 Å². The average Bonchev–Trinajstić information content (AvgIpc) is 2.79. The largest absolute Gasteiger partial charge is 0.480 e. The number of aliphatic hydroxyl groups excluding tert-OH is 1. The predicted molar refractivity (Wildman–Crippen MR) is 62.3 cm³/mol. The molecular formula is C12H11F3N2O4. The Balaban J connectivity index is 2.22. The van der Waals surface area contributed by atoms with E-state index in [9.17, 15) is 27.9 Å². The number of hydrogen-bond acceptors (Lipinski definition) is 4. The van der Waals surface area contributed by atoms with Crippen molar-refractivity contribution in [1.82, 2.24) is 9.88 Å². The van der Waals surface area contributed by atoms with Gasteiger partial charge in [0.15, 0.2) is 0 Å². The average molecular weight is 304 g/mol. The van der Waals surface area contributed by atoms with Gasteiger partial charge in [-0.05, 0) is 12.1 Å². The van der Waals surface area contributed by atoms with E-state index in [0.717, 1.165) is 11.0 Å². The first kappa shape index (κ1) is 15.2. The summed E-state index contributed by atoms with van der Waals surface area (Å²) < 4.78 is 37.2. The summed E-state index contributed by atoms with van der Waals surface area (Å²) in [7, 11) is 0. The molecule has 0 aliphatic carbocycles. The molecule has 2 N–H and O–H groups in total. The molecule has 9 heteroatoms. The lowest BCUT2D eigenvalue weighted by Gasteiger charge is -2.20. The monoisotopic (exact) mass is 304 g/mol. The number of carboxylic acids is 1. The maximum absolute atomic E-state index is 12.4. The van der Waals surface area contributed by atoms with Crippen molar-refractivity contribution in [3.8, 4) is 0 Å².